The summed E-state index contributed by atoms with van der Waals surface area (Å²) < 4.78 is 37.4. The van der Waals surface area contributed by atoms with Crippen LogP contribution in [0.3, 0.4) is 0 Å². The number of nitrogens with two attached hydrogens (primary N) is 1. The molecule has 2 aromatic heterocycles. The van der Waals surface area contributed by atoms with Gasteiger partial charge in [-0.05, 0) is 23.9 Å². The molecule has 1 amide bonds. The highest BCUT2D eigenvalue weighted by molar-refractivity contribution is 6.30. The zero-order valence-corrected chi connectivity index (χ0v) is 11.7. The number of amides is 1. The van der Waals surface area contributed by atoms with Crippen LogP contribution < -0.4 is 11.1 Å². The van der Waals surface area contributed by atoms with Gasteiger partial charge >= 0.3 is 6.18 Å². The smallest absolute Gasteiger partial charge is 0.383 e. The molecule has 1 fully saturated rings. The van der Waals surface area contributed by atoms with E-state index in [1.54, 1.807) is 0 Å². The van der Waals surface area contributed by atoms with E-state index in [4.69, 9.17) is 17.3 Å². The number of aromatic nitrogens is 2. The van der Waals surface area contributed by atoms with E-state index in [-0.39, 0.29) is 23.2 Å². The molecule has 9 heteroatoms. The average molecular weight is 331 g/mol. The van der Waals surface area contributed by atoms with Crippen LogP contribution >= 0.6 is 11.6 Å². The summed E-state index contributed by atoms with van der Waals surface area (Å²) in [6.07, 6.45) is -3.14. The predicted octanol–water partition coefficient (Wildman–Crippen LogP) is 3.00. The van der Waals surface area contributed by atoms with Gasteiger partial charge in [-0.2, -0.15) is 13.2 Å². The highest BCUT2D eigenvalue weighted by Gasteiger charge is 2.58. The van der Waals surface area contributed by atoms with Crippen molar-refractivity contribution in [2.75, 3.05) is 11.1 Å². The van der Waals surface area contributed by atoms with Crippen molar-refractivity contribution in [3.05, 3.63) is 23.5 Å². The predicted molar refractivity (Wildman–Crippen MR) is 75.2 cm³/mol. The molecule has 0 spiro atoms. The van der Waals surface area contributed by atoms with Crippen LogP contribution in [0.1, 0.15) is 6.42 Å². The maximum Gasteiger partial charge on any atom is 0.392 e. The van der Waals surface area contributed by atoms with Gasteiger partial charge in [0.25, 0.3) is 0 Å². The molecule has 2 aromatic rings. The van der Waals surface area contributed by atoms with Gasteiger partial charge in [-0.3, -0.25) is 4.79 Å². The first-order chi connectivity index (χ1) is 10.3. The molecule has 0 bridgehead atoms. The van der Waals surface area contributed by atoms with Crippen LogP contribution in [0.25, 0.3) is 10.8 Å². The highest BCUT2D eigenvalue weighted by Crippen LogP contribution is 2.50. The highest BCUT2D eigenvalue weighted by atomic mass is 35.5. The quantitative estimate of drug-likeness (QED) is 0.829. The second-order valence-electron chi connectivity index (χ2n) is 5.10. The number of hydrogen-bond donors (Lipinski definition) is 2. The summed E-state index contributed by atoms with van der Waals surface area (Å²) >= 11 is 5.79. The van der Waals surface area contributed by atoms with Crippen molar-refractivity contribution in [1.29, 1.82) is 0 Å². The first-order valence-electron chi connectivity index (χ1n) is 6.35. The lowest BCUT2D eigenvalue weighted by Crippen LogP contribution is -2.20. The fourth-order valence-corrected chi connectivity index (χ4v) is 2.48. The maximum absolute atomic E-state index is 12.5. The molecular weight excluding hydrogens is 321 g/mol. The minimum atomic E-state index is -4.34. The summed E-state index contributed by atoms with van der Waals surface area (Å²) in [7, 11) is 0. The van der Waals surface area contributed by atoms with Crippen LogP contribution in [-0.4, -0.2) is 22.1 Å². The molecule has 1 saturated carbocycles. The van der Waals surface area contributed by atoms with Gasteiger partial charge in [-0.1, -0.05) is 11.6 Å². The van der Waals surface area contributed by atoms with Crippen LogP contribution in [0.5, 0.6) is 0 Å². The lowest BCUT2D eigenvalue weighted by molar-refractivity contribution is -0.153. The Bertz CT molecular complexity index is 765. The fourth-order valence-electron chi connectivity index (χ4n) is 2.27. The van der Waals surface area contributed by atoms with Gasteiger partial charge in [0.15, 0.2) is 0 Å². The first-order valence-corrected chi connectivity index (χ1v) is 6.73. The summed E-state index contributed by atoms with van der Waals surface area (Å²) in [5, 5.41) is 3.69. The molecule has 0 unspecified atom stereocenters. The summed E-state index contributed by atoms with van der Waals surface area (Å²) in [5.74, 6) is -2.98. The Morgan fingerprint density at radius 2 is 2.14 bits per heavy atom. The van der Waals surface area contributed by atoms with Gasteiger partial charge in [-0.15, -0.1) is 0 Å². The lowest BCUT2D eigenvalue weighted by atomic mass is 10.2. The summed E-state index contributed by atoms with van der Waals surface area (Å²) in [4.78, 5) is 19.6. The van der Waals surface area contributed by atoms with Gasteiger partial charge < -0.3 is 11.1 Å². The Balaban J connectivity index is 1.79. The maximum atomic E-state index is 12.5. The molecule has 5 nitrogen and oxygen atoms in total. The van der Waals surface area contributed by atoms with E-state index in [2.05, 4.69) is 15.3 Å². The molecule has 0 radical (unpaired) electrons. The minimum Gasteiger partial charge on any atom is -0.383 e. The number of rotatable bonds is 2. The lowest BCUT2D eigenvalue weighted by Gasteiger charge is -2.08. The largest absolute Gasteiger partial charge is 0.392 e. The Morgan fingerprint density at radius 1 is 1.41 bits per heavy atom. The fraction of sp³-hybridized carbons (Fsp3) is 0.308. The number of fused-ring (bicyclic) bond motifs is 1. The van der Waals surface area contributed by atoms with Crippen molar-refractivity contribution < 1.29 is 18.0 Å². The Labute approximate surface area is 127 Å². The molecule has 3 rings (SSSR count). The molecule has 0 saturated heterocycles. The third-order valence-corrected chi connectivity index (χ3v) is 3.71. The molecular formula is C13H10ClF3N4O. The molecule has 1 aliphatic carbocycles. The number of hydrogen-bond acceptors (Lipinski definition) is 4. The number of nitrogens with one attached hydrogen (secondary N) is 1. The monoisotopic (exact) mass is 330 g/mol. The first kappa shape index (κ1) is 14.8. The van der Waals surface area contributed by atoms with Crippen LogP contribution in [-0.2, 0) is 4.79 Å². The van der Waals surface area contributed by atoms with Gasteiger partial charge in [0, 0.05) is 11.6 Å². The third kappa shape index (κ3) is 2.78. The van der Waals surface area contributed by atoms with Crippen molar-refractivity contribution in [3.8, 4) is 0 Å². The number of nitrogen functional groups attached to an aromatic ring is 1. The molecule has 3 N–H and O–H groups in total. The number of carbonyl (C=O) groups excluding carboxylic acids is 1. The van der Waals surface area contributed by atoms with Crippen LogP contribution in [0, 0.1) is 11.8 Å². The molecule has 22 heavy (non-hydrogen) atoms. The van der Waals surface area contributed by atoms with Crippen molar-refractivity contribution in [1.82, 2.24) is 9.97 Å². The average Bonchev–Trinajstić information content (AvgIpc) is 3.17. The van der Waals surface area contributed by atoms with Crippen LogP contribution in [0.4, 0.5) is 24.8 Å². The zero-order valence-electron chi connectivity index (χ0n) is 11.0. The Morgan fingerprint density at radius 3 is 2.77 bits per heavy atom. The van der Waals surface area contributed by atoms with Crippen LogP contribution in [0.2, 0.25) is 5.15 Å². The second-order valence-corrected chi connectivity index (χ2v) is 5.49. The van der Waals surface area contributed by atoms with E-state index in [1.165, 1.54) is 18.3 Å². The summed E-state index contributed by atoms with van der Waals surface area (Å²) in [6, 6.07) is 3.02. The SMILES string of the molecule is Nc1nc(Cl)cc2cc(NC(=O)[C@@H]3C[C@H]3C(F)(F)F)ncc12. The van der Waals surface area contributed by atoms with Crippen molar-refractivity contribution >= 4 is 39.9 Å². The van der Waals surface area contributed by atoms with E-state index < -0.39 is 23.9 Å². The van der Waals surface area contributed by atoms with E-state index >= 15 is 0 Å². The van der Waals surface area contributed by atoms with Crippen LogP contribution in [0.15, 0.2) is 18.3 Å². The van der Waals surface area contributed by atoms with Gasteiger partial charge in [0.1, 0.15) is 16.8 Å². The van der Waals surface area contributed by atoms with Crippen molar-refractivity contribution in [2.24, 2.45) is 11.8 Å². The Hall–Kier alpha value is -2.09. The van der Waals surface area contributed by atoms with E-state index in [0.717, 1.165) is 0 Å². The van der Waals surface area contributed by atoms with Crippen molar-refractivity contribution in [3.63, 3.8) is 0 Å². The standard InChI is InChI=1S/C13H10ClF3N4O/c14-9-1-5-2-10(19-4-7(5)11(18)20-9)21-12(22)6-3-8(6)13(15,16)17/h1-2,4,6,8H,3H2,(H2,18,20)(H,19,21,22)/t6-,8-/m1/s1. The third-order valence-electron chi connectivity index (χ3n) is 3.51. The zero-order chi connectivity index (χ0) is 16.1. The molecule has 0 aliphatic heterocycles. The number of nitrogens with zero attached hydrogens (tertiary/aromatic N) is 2. The van der Waals surface area contributed by atoms with Gasteiger partial charge in [0.2, 0.25) is 5.91 Å². The van der Waals surface area contributed by atoms with Gasteiger partial charge in [-0.25, -0.2) is 9.97 Å². The number of anilines is 2. The normalized spacial score (nSPS) is 20.9. The topological polar surface area (TPSA) is 80.9 Å². The Kier molecular flexibility index (Phi) is 3.36. The minimum absolute atomic E-state index is 0.145. The molecule has 116 valence electrons. The molecule has 2 heterocycles. The summed E-state index contributed by atoms with van der Waals surface area (Å²) in [6.45, 7) is 0. The number of pyridine rings is 2. The molecule has 0 aromatic carbocycles. The number of alkyl halides is 3. The van der Waals surface area contributed by atoms with E-state index in [1.807, 2.05) is 0 Å². The summed E-state index contributed by atoms with van der Waals surface area (Å²) in [5.41, 5.74) is 5.68. The van der Waals surface area contributed by atoms with Gasteiger partial charge in [0.05, 0.1) is 11.8 Å². The van der Waals surface area contributed by atoms with Crippen molar-refractivity contribution in [2.45, 2.75) is 12.6 Å². The van der Waals surface area contributed by atoms with E-state index in [0.29, 0.717) is 10.8 Å². The molecule has 2 atom stereocenters. The number of carbonyl (C=O) groups is 1. The molecule has 1 aliphatic rings. The number of halogens is 4. The van der Waals surface area contributed by atoms with E-state index in [9.17, 15) is 18.0 Å². The second kappa shape index (κ2) is 4.98.